The summed E-state index contributed by atoms with van der Waals surface area (Å²) in [6.07, 6.45) is 7.38. The molecule has 0 saturated carbocycles. The standard InChI is InChI=1S/C25H31FN6.C2H6/c1-17(2)29-25-16-27-15-23(31-25)20-4-5-21-14-28-24(13-22(21)12-20)30-18(3)19-6-9-32(10-7-19)11-8-26;1-2/h4-5,12-17,19H,3,6-11H2,1-2H3,(H,28,30)(H,29,31);1-2H3. The quantitative estimate of drug-likeness (QED) is 0.417. The molecule has 1 saturated heterocycles. The van der Waals surface area contributed by atoms with E-state index in [2.05, 4.69) is 58.1 Å². The van der Waals surface area contributed by atoms with E-state index in [1.807, 2.05) is 32.2 Å². The van der Waals surface area contributed by atoms with Crippen LogP contribution in [0.1, 0.15) is 40.5 Å². The van der Waals surface area contributed by atoms with Crippen LogP contribution in [-0.4, -0.2) is 52.2 Å². The third-order valence-electron chi connectivity index (χ3n) is 5.86. The van der Waals surface area contributed by atoms with Gasteiger partial charge in [-0.05, 0) is 57.3 Å². The van der Waals surface area contributed by atoms with Crippen molar-refractivity contribution in [3.05, 3.63) is 55.1 Å². The number of hydrogen-bond acceptors (Lipinski definition) is 6. The van der Waals surface area contributed by atoms with E-state index in [-0.39, 0.29) is 6.67 Å². The van der Waals surface area contributed by atoms with Gasteiger partial charge < -0.3 is 15.5 Å². The van der Waals surface area contributed by atoms with Crippen LogP contribution in [0.15, 0.2) is 55.1 Å². The Morgan fingerprint density at radius 1 is 1.09 bits per heavy atom. The number of alkyl halides is 1. The predicted molar refractivity (Wildman–Crippen MR) is 141 cm³/mol. The number of piperidine rings is 1. The van der Waals surface area contributed by atoms with E-state index < -0.39 is 0 Å². The number of aromatic nitrogens is 3. The molecule has 0 unspecified atom stereocenters. The first-order chi connectivity index (χ1) is 16.5. The summed E-state index contributed by atoms with van der Waals surface area (Å²) in [6, 6.07) is 8.56. The lowest BCUT2D eigenvalue weighted by Crippen LogP contribution is -2.36. The smallest absolute Gasteiger partial charge is 0.145 e. The lowest BCUT2D eigenvalue weighted by molar-refractivity contribution is 0.186. The van der Waals surface area contributed by atoms with Gasteiger partial charge in [-0.3, -0.25) is 4.98 Å². The van der Waals surface area contributed by atoms with Gasteiger partial charge in [-0.2, -0.15) is 0 Å². The van der Waals surface area contributed by atoms with Gasteiger partial charge in [-0.25, -0.2) is 14.4 Å². The average molecular weight is 465 g/mol. The van der Waals surface area contributed by atoms with E-state index in [1.165, 1.54) is 0 Å². The summed E-state index contributed by atoms with van der Waals surface area (Å²) in [5.74, 6) is 1.93. The number of pyridine rings is 1. The van der Waals surface area contributed by atoms with Gasteiger partial charge in [-0.15, -0.1) is 0 Å². The maximum Gasteiger partial charge on any atom is 0.145 e. The molecule has 182 valence electrons. The number of hydrogen-bond donors (Lipinski definition) is 2. The molecule has 1 aromatic carbocycles. The minimum atomic E-state index is -0.281. The van der Waals surface area contributed by atoms with Crippen molar-refractivity contribution in [2.24, 2.45) is 5.92 Å². The number of nitrogens with zero attached hydrogens (tertiary/aromatic N) is 4. The molecule has 0 bridgehead atoms. The largest absolute Gasteiger partial charge is 0.367 e. The average Bonchev–Trinajstić information content (AvgIpc) is 2.85. The molecule has 4 rings (SSSR count). The lowest BCUT2D eigenvalue weighted by Gasteiger charge is -2.32. The summed E-state index contributed by atoms with van der Waals surface area (Å²) in [4.78, 5) is 15.8. The summed E-state index contributed by atoms with van der Waals surface area (Å²) in [5, 5.41) is 8.85. The maximum absolute atomic E-state index is 12.6. The number of allylic oxidation sites excluding steroid dienone is 1. The van der Waals surface area contributed by atoms with Crippen LogP contribution in [0.3, 0.4) is 0 Å². The van der Waals surface area contributed by atoms with Crippen LogP contribution in [0.4, 0.5) is 16.0 Å². The molecule has 2 N–H and O–H groups in total. The van der Waals surface area contributed by atoms with E-state index in [0.717, 1.165) is 65.3 Å². The second-order valence-corrected chi connectivity index (χ2v) is 8.68. The van der Waals surface area contributed by atoms with Gasteiger partial charge in [-0.1, -0.05) is 32.6 Å². The van der Waals surface area contributed by atoms with E-state index >= 15 is 0 Å². The monoisotopic (exact) mass is 464 g/mol. The maximum atomic E-state index is 12.6. The number of rotatable bonds is 8. The molecule has 0 radical (unpaired) electrons. The Kier molecular flexibility index (Phi) is 9.33. The van der Waals surface area contributed by atoms with Crippen molar-refractivity contribution in [2.75, 3.05) is 36.9 Å². The third-order valence-corrected chi connectivity index (χ3v) is 5.86. The number of fused-ring (bicyclic) bond motifs is 1. The molecular weight excluding hydrogens is 427 g/mol. The highest BCUT2D eigenvalue weighted by molar-refractivity contribution is 5.88. The first kappa shape index (κ1) is 25.6. The van der Waals surface area contributed by atoms with E-state index in [4.69, 9.17) is 4.98 Å². The summed E-state index contributed by atoms with van der Waals surface area (Å²) < 4.78 is 12.6. The van der Waals surface area contributed by atoms with Gasteiger partial charge in [0.1, 0.15) is 18.3 Å². The van der Waals surface area contributed by atoms with E-state index in [9.17, 15) is 4.39 Å². The molecule has 3 heterocycles. The topological polar surface area (TPSA) is 66.0 Å². The Morgan fingerprint density at radius 2 is 1.85 bits per heavy atom. The molecule has 2 aromatic heterocycles. The second-order valence-electron chi connectivity index (χ2n) is 8.68. The Hall–Kier alpha value is -3.06. The van der Waals surface area contributed by atoms with Gasteiger partial charge in [0.05, 0.1) is 18.1 Å². The highest BCUT2D eigenvalue weighted by atomic mass is 19.1. The summed E-state index contributed by atoms with van der Waals surface area (Å²) >= 11 is 0. The highest BCUT2D eigenvalue weighted by Crippen LogP contribution is 2.27. The van der Waals surface area contributed by atoms with Crippen LogP contribution < -0.4 is 10.6 Å². The van der Waals surface area contributed by atoms with Crippen LogP contribution in [0.5, 0.6) is 0 Å². The van der Waals surface area contributed by atoms with Gasteiger partial charge in [0.2, 0.25) is 0 Å². The first-order valence-corrected chi connectivity index (χ1v) is 12.2. The van der Waals surface area contributed by atoms with Crippen molar-refractivity contribution >= 4 is 22.4 Å². The molecule has 1 fully saturated rings. The number of benzene rings is 1. The number of nitrogens with one attached hydrogen (secondary N) is 2. The van der Waals surface area contributed by atoms with Crippen molar-refractivity contribution in [3.63, 3.8) is 0 Å². The van der Waals surface area contributed by atoms with Gasteiger partial charge in [0.25, 0.3) is 0 Å². The molecule has 3 aromatic rings. The molecule has 0 aliphatic carbocycles. The first-order valence-electron chi connectivity index (χ1n) is 12.2. The van der Waals surface area contributed by atoms with Gasteiger partial charge >= 0.3 is 0 Å². The summed E-state index contributed by atoms with van der Waals surface area (Å²) in [6.45, 7) is 14.5. The molecule has 1 aliphatic heterocycles. The summed E-state index contributed by atoms with van der Waals surface area (Å²) in [7, 11) is 0. The van der Waals surface area contributed by atoms with Crippen molar-refractivity contribution in [1.29, 1.82) is 0 Å². The fourth-order valence-electron chi connectivity index (χ4n) is 4.13. The number of halogens is 1. The Morgan fingerprint density at radius 3 is 2.56 bits per heavy atom. The van der Waals surface area contributed by atoms with Crippen LogP contribution in [0.25, 0.3) is 22.0 Å². The van der Waals surface area contributed by atoms with Crippen LogP contribution >= 0.6 is 0 Å². The fraction of sp³-hybridized carbons (Fsp3) is 0.444. The van der Waals surface area contributed by atoms with Crippen molar-refractivity contribution < 1.29 is 4.39 Å². The zero-order valence-electron chi connectivity index (χ0n) is 20.8. The zero-order chi connectivity index (χ0) is 24.5. The molecule has 0 spiro atoms. The SMILES string of the molecule is C=C(Nc1cc2cc(-c3cncc(NC(C)C)n3)ccc2cn1)C1CCN(CCF)CC1.CC. The van der Waals surface area contributed by atoms with Crippen LogP contribution in [-0.2, 0) is 0 Å². The van der Waals surface area contributed by atoms with Crippen molar-refractivity contribution in [1.82, 2.24) is 19.9 Å². The number of likely N-dealkylation sites (tertiary alicyclic amines) is 1. The third kappa shape index (κ3) is 6.73. The van der Waals surface area contributed by atoms with Gasteiger partial charge in [0, 0.05) is 41.3 Å². The van der Waals surface area contributed by atoms with E-state index in [1.54, 1.807) is 12.4 Å². The molecule has 6 nitrogen and oxygen atoms in total. The van der Waals surface area contributed by atoms with Crippen LogP contribution in [0, 0.1) is 5.92 Å². The van der Waals surface area contributed by atoms with Crippen molar-refractivity contribution in [3.8, 4) is 11.3 Å². The Bertz CT molecular complexity index is 1080. The fourth-order valence-corrected chi connectivity index (χ4v) is 4.13. The highest BCUT2D eigenvalue weighted by Gasteiger charge is 2.21. The normalized spacial score (nSPS) is 14.5. The molecule has 0 amide bonds. The minimum Gasteiger partial charge on any atom is -0.367 e. The summed E-state index contributed by atoms with van der Waals surface area (Å²) in [5.41, 5.74) is 2.81. The Balaban J connectivity index is 0.00000158. The van der Waals surface area contributed by atoms with E-state index in [0.29, 0.717) is 18.5 Å². The Labute approximate surface area is 202 Å². The minimum absolute atomic E-state index is 0.281. The second kappa shape index (κ2) is 12.4. The zero-order valence-corrected chi connectivity index (χ0v) is 20.8. The van der Waals surface area contributed by atoms with Crippen LogP contribution in [0.2, 0.25) is 0 Å². The lowest BCUT2D eigenvalue weighted by atomic mass is 9.94. The van der Waals surface area contributed by atoms with Gasteiger partial charge in [0.15, 0.2) is 0 Å². The van der Waals surface area contributed by atoms with Crippen molar-refractivity contribution in [2.45, 2.75) is 46.6 Å². The molecule has 0 atom stereocenters. The molecule has 7 heteroatoms. The molecular formula is C27H37FN6. The molecule has 1 aliphatic rings. The number of anilines is 2. The molecule has 34 heavy (non-hydrogen) atoms. The predicted octanol–water partition coefficient (Wildman–Crippen LogP) is 6.15.